The van der Waals surface area contributed by atoms with Gasteiger partial charge in [0.25, 0.3) is 0 Å². The van der Waals surface area contributed by atoms with Crippen molar-refractivity contribution in [2.24, 2.45) is 11.8 Å². The van der Waals surface area contributed by atoms with Crippen molar-refractivity contribution in [3.05, 3.63) is 0 Å². The van der Waals surface area contributed by atoms with Crippen LogP contribution >= 0.6 is 53.7 Å². The average molecular weight is 1200 g/mol. The van der Waals surface area contributed by atoms with Gasteiger partial charge in [0.2, 0.25) is 0 Å². The molecule has 0 aromatic carbocycles. The van der Waals surface area contributed by atoms with Gasteiger partial charge in [-0.2, -0.15) is 0 Å². The first-order valence-electron chi connectivity index (χ1n) is 22.6. The van der Waals surface area contributed by atoms with Gasteiger partial charge in [-0.25, -0.2) is 0 Å². The van der Waals surface area contributed by atoms with Crippen LogP contribution in [0.1, 0.15) is 143 Å². The normalized spacial score (nSPS) is 20.1. The summed E-state index contributed by atoms with van der Waals surface area (Å²) in [4.78, 5) is 76.7. The number of carbonyl (C=O) groups excluding carboxylic acids is 6. The molecule has 356 valence electrons. The molecule has 0 spiro atoms. The quantitative estimate of drug-likeness (QED) is 0.0301. The van der Waals surface area contributed by atoms with E-state index in [9.17, 15) is 28.8 Å². The van der Waals surface area contributed by atoms with Crippen LogP contribution in [-0.2, 0) is 57.2 Å². The van der Waals surface area contributed by atoms with Gasteiger partial charge < -0.3 is 0 Å². The Labute approximate surface area is 402 Å². The molecule has 2 saturated heterocycles. The van der Waals surface area contributed by atoms with Gasteiger partial charge in [0.15, 0.2) is 0 Å². The SMILES string of the molecule is CCCCCCCC(CCCC)C1COC(=O)C[S][Sn]([S]CC(=O)OCCOC(=O)C[S][Sn]2[S]CC(=O)OCC(C(CCCC)CCCCCCC)OC(=O)C[S]2)[S]CC(=O)O1. The van der Waals surface area contributed by atoms with Gasteiger partial charge in [0.05, 0.1) is 0 Å². The third-order valence-electron chi connectivity index (χ3n) is 10.1. The van der Waals surface area contributed by atoms with Crippen molar-refractivity contribution < 1.29 is 57.2 Å². The Balaban J connectivity index is 1.76. The zero-order valence-electron chi connectivity index (χ0n) is 37.5. The molecule has 0 bridgehead atoms. The molecule has 0 aromatic heterocycles. The molecule has 2 rings (SSSR count). The van der Waals surface area contributed by atoms with Crippen molar-refractivity contribution >= 4 is 121 Å². The first-order chi connectivity index (χ1) is 30.1. The number of carbonyl (C=O) groups is 6. The minimum atomic E-state index is -2.58. The third kappa shape index (κ3) is 29.3. The molecule has 4 atom stereocenters. The van der Waals surface area contributed by atoms with Crippen LogP contribution < -0.4 is 0 Å². The van der Waals surface area contributed by atoms with Crippen molar-refractivity contribution in [3.63, 3.8) is 0 Å². The maximum absolute atomic E-state index is 13.0. The van der Waals surface area contributed by atoms with Crippen LogP contribution in [0.3, 0.4) is 0 Å². The van der Waals surface area contributed by atoms with E-state index in [4.69, 9.17) is 28.4 Å². The van der Waals surface area contributed by atoms with E-state index in [1.165, 1.54) is 92.2 Å². The molecular weight excluding hydrogens is 1130 g/mol. The molecule has 0 N–H and O–H groups in total. The Hall–Kier alpha value is 0.517. The molecule has 2 aliphatic rings. The molecule has 12 nitrogen and oxygen atoms in total. The Morgan fingerprint density at radius 2 is 0.871 bits per heavy atom. The van der Waals surface area contributed by atoms with E-state index >= 15 is 0 Å². The second kappa shape index (κ2) is 38.5. The Morgan fingerprint density at radius 1 is 0.532 bits per heavy atom. The zero-order valence-corrected chi connectivity index (χ0v) is 48.1. The van der Waals surface area contributed by atoms with Crippen LogP contribution in [-0.4, -0.2) is 140 Å². The molecule has 2 heterocycles. The number of ether oxygens (including phenoxy) is 6. The van der Waals surface area contributed by atoms with Crippen LogP contribution in [0.15, 0.2) is 0 Å². The van der Waals surface area contributed by atoms with Crippen molar-refractivity contribution in [2.45, 2.75) is 155 Å². The molecule has 0 aromatic rings. The number of unbranched alkanes of at least 4 members (excludes halogenated alkanes) is 10. The van der Waals surface area contributed by atoms with Crippen molar-refractivity contribution in [1.82, 2.24) is 0 Å². The molecule has 62 heavy (non-hydrogen) atoms. The third-order valence-corrected chi connectivity index (χ3v) is 61.8. The van der Waals surface area contributed by atoms with Gasteiger partial charge in [0, 0.05) is 0 Å². The van der Waals surface area contributed by atoms with E-state index in [-0.39, 0.29) is 96.7 Å². The summed E-state index contributed by atoms with van der Waals surface area (Å²) in [7, 11) is 8.93. The van der Waals surface area contributed by atoms with Gasteiger partial charge >= 0.3 is 392 Å². The number of hydrogen-bond acceptors (Lipinski definition) is 18. The first-order valence-corrected chi connectivity index (χ1v) is 49.5. The summed E-state index contributed by atoms with van der Waals surface area (Å²) in [5.41, 5.74) is 0. The summed E-state index contributed by atoms with van der Waals surface area (Å²) in [5, 5.41) is 0. The fourth-order valence-corrected chi connectivity index (χ4v) is 49.8. The summed E-state index contributed by atoms with van der Waals surface area (Å²) >= 11 is -5.17. The molecule has 2 radical (unpaired) electrons. The predicted octanol–water partition coefficient (Wildman–Crippen LogP) is 9.71. The van der Waals surface area contributed by atoms with Crippen LogP contribution in [0.5, 0.6) is 0 Å². The first kappa shape index (κ1) is 58.6. The van der Waals surface area contributed by atoms with Gasteiger partial charge in [-0.15, -0.1) is 0 Å². The van der Waals surface area contributed by atoms with E-state index in [0.717, 1.165) is 77.0 Å². The van der Waals surface area contributed by atoms with Gasteiger partial charge in [-0.1, -0.05) is 13.8 Å². The van der Waals surface area contributed by atoms with Crippen LogP contribution in [0.25, 0.3) is 0 Å². The van der Waals surface area contributed by atoms with E-state index < -0.39 is 55.4 Å². The van der Waals surface area contributed by atoms with Crippen LogP contribution in [0, 0.1) is 11.8 Å². The molecule has 0 saturated carbocycles. The molecule has 0 aliphatic carbocycles. The second-order valence-corrected chi connectivity index (χ2v) is 63.3. The maximum atomic E-state index is 13.0. The number of esters is 6. The summed E-state index contributed by atoms with van der Waals surface area (Å²) in [6.07, 6.45) is 18.6. The Bertz CT molecular complexity index is 1200. The van der Waals surface area contributed by atoms with E-state index in [1.54, 1.807) is 0 Å². The fourth-order valence-electron chi connectivity index (χ4n) is 6.71. The summed E-state index contributed by atoms with van der Waals surface area (Å²) in [6.45, 7) is 8.64. The number of cyclic esters (lactones) is 4. The van der Waals surface area contributed by atoms with E-state index in [0.29, 0.717) is 0 Å². The zero-order chi connectivity index (χ0) is 45.2. The van der Waals surface area contributed by atoms with Gasteiger partial charge in [-0.3, -0.25) is 0 Å². The summed E-state index contributed by atoms with van der Waals surface area (Å²) in [6, 6.07) is 0. The standard InChI is InChI=1S/2C18H34O4S2.C6H10O4S2.2Sn/c2*1-3-5-7-8-9-11-15(10-6-4-2)16(22-18(20)14-24)12-21-17(19)13-23;7-5(3-11)9-1-2-10-6(8)4-12;;/h2*15-16,23-24H,3-14H2,1-2H3;11-12H,1-4H2;;/q;;;2*+3/p-6. The molecule has 20 heteroatoms. The van der Waals surface area contributed by atoms with Crippen molar-refractivity contribution in [2.75, 3.05) is 60.9 Å². The van der Waals surface area contributed by atoms with Crippen molar-refractivity contribution in [3.8, 4) is 0 Å². The number of rotatable bonds is 29. The van der Waals surface area contributed by atoms with Crippen LogP contribution in [0.2, 0.25) is 0 Å². The van der Waals surface area contributed by atoms with Gasteiger partial charge in [0.1, 0.15) is 0 Å². The fraction of sp³-hybridized carbons (Fsp3) is 0.857. The monoisotopic (exact) mass is 1200 g/mol. The summed E-state index contributed by atoms with van der Waals surface area (Å²) < 4.78 is 33.8. The minimum absolute atomic E-state index is 0.0660. The average Bonchev–Trinajstić information content (AvgIpc) is 3.31. The Morgan fingerprint density at radius 3 is 1.24 bits per heavy atom. The molecular formula is C42H72O12S6Sn2. The number of hydrogen-bond donors (Lipinski definition) is 0. The van der Waals surface area contributed by atoms with E-state index in [2.05, 4.69) is 27.7 Å². The van der Waals surface area contributed by atoms with Gasteiger partial charge in [-0.05, 0) is 0 Å². The summed E-state index contributed by atoms with van der Waals surface area (Å²) in [5.74, 6) is -1.07. The van der Waals surface area contributed by atoms with Crippen LogP contribution in [0.4, 0.5) is 0 Å². The molecule has 2 aliphatic heterocycles. The molecule has 0 amide bonds. The second-order valence-electron chi connectivity index (χ2n) is 15.3. The Kier molecular flexibility index (Phi) is 36.4. The topological polar surface area (TPSA) is 158 Å². The van der Waals surface area contributed by atoms with Crippen molar-refractivity contribution in [1.29, 1.82) is 0 Å². The van der Waals surface area contributed by atoms with E-state index in [1.807, 2.05) is 0 Å². The molecule has 2 fully saturated rings. The predicted molar refractivity (Wildman–Crippen MR) is 263 cm³/mol. The molecule has 4 unspecified atom stereocenters.